The van der Waals surface area contributed by atoms with Crippen LogP contribution in [0.2, 0.25) is 0 Å². The highest BCUT2D eigenvalue weighted by Crippen LogP contribution is 2.27. The van der Waals surface area contributed by atoms with Gasteiger partial charge in [-0.25, -0.2) is 0 Å². The molecule has 0 saturated heterocycles. The summed E-state index contributed by atoms with van der Waals surface area (Å²) in [4.78, 5) is 0.508. The smallest absolute Gasteiger partial charge is 0.248 e. The van der Waals surface area contributed by atoms with Gasteiger partial charge in [0.25, 0.3) is 0 Å². The van der Waals surface area contributed by atoms with E-state index in [0.717, 1.165) is 0 Å². The Morgan fingerprint density at radius 1 is 0.947 bits per heavy atom. The lowest BCUT2D eigenvalue weighted by molar-refractivity contribution is -0.435. The van der Waals surface area contributed by atoms with Gasteiger partial charge in [0.2, 0.25) is 5.69 Å². The number of hydrogen-bond donors (Lipinski definition) is 2. The monoisotopic (exact) mass is 258 g/mol. The van der Waals surface area contributed by atoms with E-state index in [1.807, 2.05) is 0 Å². The highest BCUT2D eigenvalue weighted by Gasteiger charge is 2.10. The zero-order chi connectivity index (χ0) is 14.0. The fourth-order valence-electron chi connectivity index (χ4n) is 1.76. The van der Waals surface area contributed by atoms with Gasteiger partial charge in [-0.15, -0.1) is 0 Å². The van der Waals surface area contributed by atoms with Gasteiger partial charge in [0.1, 0.15) is 17.2 Å². The lowest BCUT2D eigenvalue weighted by Crippen LogP contribution is -1.93. The number of benzene rings is 2. The van der Waals surface area contributed by atoms with E-state index in [1.54, 1.807) is 19.9 Å². The van der Waals surface area contributed by atoms with Crippen LogP contribution in [-0.4, -0.2) is 15.1 Å². The molecule has 0 saturated carbocycles. The molecule has 2 rings (SSSR count). The van der Waals surface area contributed by atoms with E-state index in [4.69, 9.17) is 0 Å². The summed E-state index contributed by atoms with van der Waals surface area (Å²) in [7, 11) is 0. The van der Waals surface area contributed by atoms with E-state index >= 15 is 0 Å². The van der Waals surface area contributed by atoms with E-state index in [9.17, 15) is 15.4 Å². The Bertz CT molecular complexity index is 651. The number of azo groups is 1. The molecule has 0 heterocycles. The van der Waals surface area contributed by atoms with Gasteiger partial charge in [-0.1, -0.05) is 0 Å². The first-order valence-electron chi connectivity index (χ1n) is 5.75. The average molecular weight is 258 g/mol. The van der Waals surface area contributed by atoms with E-state index in [-0.39, 0.29) is 11.5 Å². The van der Waals surface area contributed by atoms with E-state index in [0.29, 0.717) is 27.4 Å². The Morgan fingerprint density at radius 3 is 2.11 bits per heavy atom. The van der Waals surface area contributed by atoms with Crippen LogP contribution in [0.15, 0.2) is 41.5 Å². The molecule has 2 aromatic rings. The van der Waals surface area contributed by atoms with Crippen LogP contribution < -0.4 is 0 Å². The normalized spacial score (nSPS) is 11.6. The number of aromatic hydroxyl groups is 2. The van der Waals surface area contributed by atoms with Gasteiger partial charge in [-0.3, -0.25) is 0 Å². The van der Waals surface area contributed by atoms with Crippen molar-refractivity contribution >= 4 is 11.4 Å². The third-order valence-electron chi connectivity index (χ3n) is 2.77. The highest BCUT2D eigenvalue weighted by molar-refractivity contribution is 5.48. The first-order chi connectivity index (χ1) is 8.97. The second kappa shape index (κ2) is 4.97. The predicted molar refractivity (Wildman–Crippen MR) is 71.1 cm³/mol. The molecule has 0 spiro atoms. The van der Waals surface area contributed by atoms with Crippen molar-refractivity contribution in [1.82, 2.24) is 0 Å². The van der Waals surface area contributed by atoms with Crippen LogP contribution in [0, 0.1) is 19.1 Å². The third-order valence-corrected chi connectivity index (χ3v) is 2.77. The molecule has 0 fully saturated rings. The first-order valence-corrected chi connectivity index (χ1v) is 5.75. The molecule has 0 aliphatic carbocycles. The van der Waals surface area contributed by atoms with Crippen molar-refractivity contribution in [2.75, 3.05) is 0 Å². The minimum atomic E-state index is 0.107. The minimum absolute atomic E-state index is 0.107. The molecule has 2 aromatic carbocycles. The quantitative estimate of drug-likeness (QED) is 0.490. The first kappa shape index (κ1) is 12.9. The van der Waals surface area contributed by atoms with Crippen molar-refractivity contribution < 1.29 is 15.1 Å². The van der Waals surface area contributed by atoms with Crippen LogP contribution in [0.25, 0.3) is 0 Å². The molecule has 0 bridgehead atoms. The zero-order valence-electron chi connectivity index (χ0n) is 10.7. The minimum Gasteiger partial charge on any atom is -0.594 e. The number of rotatable bonds is 2. The van der Waals surface area contributed by atoms with E-state index < -0.39 is 0 Å². The lowest BCUT2D eigenvalue weighted by Gasteiger charge is -2.04. The lowest BCUT2D eigenvalue weighted by atomic mass is 10.2. The van der Waals surface area contributed by atoms with Crippen LogP contribution in [0.5, 0.6) is 11.5 Å². The standard InChI is InChI=1S/C14H14N2O3/c1-9-7-11(17)3-5-13(9)15-16(19)14-6-4-12(18)8-10(14)2/h3-8,17-18H,1-2H3. The van der Waals surface area contributed by atoms with Crippen LogP contribution in [0.3, 0.4) is 0 Å². The molecule has 0 aromatic heterocycles. The summed E-state index contributed by atoms with van der Waals surface area (Å²) in [5.74, 6) is 0.241. The largest absolute Gasteiger partial charge is 0.594 e. The molecular weight excluding hydrogens is 244 g/mol. The van der Waals surface area contributed by atoms with Gasteiger partial charge < -0.3 is 15.4 Å². The topological polar surface area (TPSA) is 78.9 Å². The molecule has 0 radical (unpaired) electrons. The number of hydrogen-bond acceptors (Lipinski definition) is 4. The Kier molecular flexibility index (Phi) is 3.37. The zero-order valence-corrected chi connectivity index (χ0v) is 10.7. The molecule has 5 heteroatoms. The van der Waals surface area contributed by atoms with Crippen molar-refractivity contribution in [1.29, 1.82) is 0 Å². The Morgan fingerprint density at radius 2 is 1.53 bits per heavy atom. The molecular formula is C14H14N2O3. The van der Waals surface area contributed by atoms with E-state index in [1.165, 1.54) is 30.3 Å². The van der Waals surface area contributed by atoms with Gasteiger partial charge >= 0.3 is 0 Å². The van der Waals surface area contributed by atoms with Crippen LogP contribution in [0.4, 0.5) is 11.4 Å². The second-order valence-corrected chi connectivity index (χ2v) is 4.31. The summed E-state index contributed by atoms with van der Waals surface area (Å²) >= 11 is 0. The highest BCUT2D eigenvalue weighted by atomic mass is 16.5. The number of aryl methyl sites for hydroxylation is 2. The van der Waals surface area contributed by atoms with Gasteiger partial charge in [0, 0.05) is 16.7 Å². The van der Waals surface area contributed by atoms with Crippen LogP contribution >= 0.6 is 0 Å². The fourth-order valence-corrected chi connectivity index (χ4v) is 1.76. The van der Waals surface area contributed by atoms with Gasteiger partial charge in [-0.05, 0) is 54.6 Å². The number of phenolic OH excluding ortho intramolecular Hbond substituents is 2. The fraction of sp³-hybridized carbons (Fsp3) is 0.143. The maximum absolute atomic E-state index is 12.0. The molecule has 0 aliphatic heterocycles. The SMILES string of the molecule is Cc1cc(O)ccc1N=[N+]([O-])c1ccc(O)cc1C. The number of phenols is 2. The van der Waals surface area contributed by atoms with Crippen LogP contribution in [-0.2, 0) is 0 Å². The molecule has 98 valence electrons. The maximum Gasteiger partial charge on any atom is 0.248 e. The van der Waals surface area contributed by atoms with Gasteiger partial charge in [0.15, 0.2) is 0 Å². The summed E-state index contributed by atoms with van der Waals surface area (Å²) in [6, 6.07) is 9.04. The van der Waals surface area contributed by atoms with Crippen LogP contribution in [0.1, 0.15) is 11.1 Å². The summed E-state index contributed by atoms with van der Waals surface area (Å²) in [5, 5.41) is 34.5. The van der Waals surface area contributed by atoms with Gasteiger partial charge in [0.05, 0.1) is 0 Å². The Hall–Kier alpha value is -2.56. The van der Waals surface area contributed by atoms with E-state index in [2.05, 4.69) is 5.11 Å². The second-order valence-electron chi connectivity index (χ2n) is 4.31. The summed E-state index contributed by atoms with van der Waals surface area (Å²) < 4.78 is 0. The molecule has 0 aliphatic rings. The molecule has 2 N–H and O–H groups in total. The summed E-state index contributed by atoms with van der Waals surface area (Å²) in [5.41, 5.74) is 2.19. The van der Waals surface area contributed by atoms with Gasteiger partial charge in [-0.2, -0.15) is 0 Å². The molecule has 0 amide bonds. The maximum atomic E-state index is 12.0. The summed E-state index contributed by atoms with van der Waals surface area (Å²) in [6.45, 7) is 3.48. The van der Waals surface area contributed by atoms with Crippen molar-refractivity contribution in [2.45, 2.75) is 13.8 Å². The molecule has 19 heavy (non-hydrogen) atoms. The van der Waals surface area contributed by atoms with Crippen molar-refractivity contribution in [3.05, 3.63) is 52.7 Å². The third kappa shape index (κ3) is 2.82. The number of nitrogens with zero attached hydrogens (tertiary/aromatic N) is 2. The summed E-state index contributed by atoms with van der Waals surface area (Å²) in [6.07, 6.45) is 0. The molecule has 0 atom stereocenters. The van der Waals surface area contributed by atoms with Crippen molar-refractivity contribution in [2.24, 2.45) is 5.11 Å². The predicted octanol–water partition coefficient (Wildman–Crippen LogP) is 3.64. The average Bonchev–Trinajstić information content (AvgIpc) is 2.32. The molecule has 0 unspecified atom stereocenters. The molecule has 5 nitrogen and oxygen atoms in total. The Balaban J connectivity index is 2.42. The van der Waals surface area contributed by atoms with Crippen molar-refractivity contribution in [3.63, 3.8) is 0 Å². The van der Waals surface area contributed by atoms with Crippen molar-refractivity contribution in [3.8, 4) is 11.5 Å². The Labute approximate surface area is 110 Å².